The Kier molecular flexibility index (Phi) is 4.65. The van der Waals surface area contributed by atoms with Crippen molar-refractivity contribution in [3.63, 3.8) is 0 Å². The summed E-state index contributed by atoms with van der Waals surface area (Å²) in [4.78, 5) is 35.2. The van der Waals surface area contributed by atoms with Gasteiger partial charge in [0.2, 0.25) is 0 Å². The third kappa shape index (κ3) is 3.60. The quantitative estimate of drug-likeness (QED) is 0.661. The lowest BCUT2D eigenvalue weighted by Gasteiger charge is -2.06. The van der Waals surface area contributed by atoms with Gasteiger partial charge < -0.3 is 13.9 Å². The van der Waals surface area contributed by atoms with E-state index in [-0.39, 0.29) is 13.2 Å². The van der Waals surface area contributed by atoms with Crippen molar-refractivity contribution >= 4 is 23.0 Å². The van der Waals surface area contributed by atoms with E-state index in [0.29, 0.717) is 22.2 Å². The molecule has 7 heteroatoms. The Labute approximate surface area is 142 Å². The third-order valence-corrected chi connectivity index (χ3v) is 3.64. The largest absolute Gasteiger partial charge is 0.465 e. The number of rotatable bonds is 5. The first-order chi connectivity index (χ1) is 12.1. The van der Waals surface area contributed by atoms with Gasteiger partial charge in [0, 0.05) is 0 Å². The van der Waals surface area contributed by atoms with Gasteiger partial charge in [-0.3, -0.25) is 9.36 Å². The maximum Gasteiger partial charge on any atom is 0.420 e. The SMILES string of the molecule is COC(=O)c1ccc(COC(=O)Cn2c(=O)oc3ccccc32)cc1. The van der Waals surface area contributed by atoms with Crippen molar-refractivity contribution in [3.05, 3.63) is 70.2 Å². The highest BCUT2D eigenvalue weighted by Gasteiger charge is 2.13. The number of carbonyl (C=O) groups excluding carboxylic acids is 2. The Balaban J connectivity index is 1.64. The number of oxazole rings is 1. The van der Waals surface area contributed by atoms with Crippen LogP contribution in [-0.2, 0) is 27.4 Å². The fraction of sp³-hybridized carbons (Fsp3) is 0.167. The molecule has 0 aliphatic rings. The average molecular weight is 341 g/mol. The number of fused-ring (bicyclic) bond motifs is 1. The Bertz CT molecular complexity index is 967. The number of para-hydroxylation sites is 2. The molecule has 0 fully saturated rings. The Morgan fingerprint density at radius 2 is 1.80 bits per heavy atom. The van der Waals surface area contributed by atoms with Gasteiger partial charge in [0.25, 0.3) is 0 Å². The molecule has 0 saturated heterocycles. The summed E-state index contributed by atoms with van der Waals surface area (Å²) in [6, 6.07) is 13.3. The van der Waals surface area contributed by atoms with Crippen LogP contribution in [0, 0.1) is 0 Å². The first-order valence-corrected chi connectivity index (χ1v) is 7.50. The van der Waals surface area contributed by atoms with Crippen molar-refractivity contribution < 1.29 is 23.5 Å². The van der Waals surface area contributed by atoms with Crippen molar-refractivity contribution in [2.24, 2.45) is 0 Å². The van der Waals surface area contributed by atoms with E-state index in [2.05, 4.69) is 4.74 Å². The molecule has 1 aromatic heterocycles. The van der Waals surface area contributed by atoms with Gasteiger partial charge in [-0.15, -0.1) is 0 Å². The lowest BCUT2D eigenvalue weighted by molar-refractivity contribution is -0.145. The molecular formula is C18H15NO6. The van der Waals surface area contributed by atoms with Gasteiger partial charge in [-0.1, -0.05) is 24.3 Å². The number of hydrogen-bond donors (Lipinski definition) is 0. The topological polar surface area (TPSA) is 87.7 Å². The number of benzene rings is 2. The van der Waals surface area contributed by atoms with Crippen LogP contribution < -0.4 is 5.76 Å². The van der Waals surface area contributed by atoms with Crippen LogP contribution in [0.5, 0.6) is 0 Å². The first kappa shape index (κ1) is 16.5. The van der Waals surface area contributed by atoms with Gasteiger partial charge in [0.1, 0.15) is 13.2 Å². The highest BCUT2D eigenvalue weighted by molar-refractivity contribution is 5.89. The van der Waals surface area contributed by atoms with E-state index in [9.17, 15) is 14.4 Å². The molecule has 3 rings (SSSR count). The number of esters is 2. The molecule has 0 radical (unpaired) electrons. The number of hydrogen-bond acceptors (Lipinski definition) is 6. The molecule has 0 atom stereocenters. The Hall–Kier alpha value is -3.35. The van der Waals surface area contributed by atoms with Crippen molar-refractivity contribution in [1.82, 2.24) is 4.57 Å². The van der Waals surface area contributed by atoms with Gasteiger partial charge >= 0.3 is 17.7 Å². The minimum Gasteiger partial charge on any atom is -0.465 e. The molecule has 7 nitrogen and oxygen atoms in total. The van der Waals surface area contributed by atoms with Crippen LogP contribution in [0.25, 0.3) is 11.1 Å². The van der Waals surface area contributed by atoms with Crippen LogP contribution in [-0.4, -0.2) is 23.6 Å². The van der Waals surface area contributed by atoms with E-state index < -0.39 is 17.7 Å². The summed E-state index contributed by atoms with van der Waals surface area (Å²) in [5.41, 5.74) is 2.07. The molecule has 0 bridgehead atoms. The fourth-order valence-electron chi connectivity index (χ4n) is 2.36. The lowest BCUT2D eigenvalue weighted by atomic mass is 10.1. The van der Waals surface area contributed by atoms with Crippen LogP contribution in [0.15, 0.2) is 57.7 Å². The fourth-order valence-corrected chi connectivity index (χ4v) is 2.36. The molecule has 0 saturated carbocycles. The maximum absolute atomic E-state index is 12.0. The summed E-state index contributed by atoms with van der Waals surface area (Å²) in [5, 5.41) is 0. The van der Waals surface area contributed by atoms with Gasteiger partial charge in [-0.2, -0.15) is 0 Å². The molecule has 25 heavy (non-hydrogen) atoms. The standard InChI is InChI=1S/C18H15NO6/c1-23-17(21)13-8-6-12(7-9-13)11-24-16(20)10-19-14-4-2-3-5-15(14)25-18(19)22/h2-9H,10-11H2,1H3. The zero-order chi connectivity index (χ0) is 17.8. The molecule has 2 aromatic carbocycles. The molecule has 128 valence electrons. The smallest absolute Gasteiger partial charge is 0.420 e. The summed E-state index contributed by atoms with van der Waals surface area (Å²) in [7, 11) is 1.31. The van der Waals surface area contributed by atoms with E-state index in [1.807, 2.05) is 0 Å². The van der Waals surface area contributed by atoms with Crippen molar-refractivity contribution in [2.75, 3.05) is 7.11 Å². The minimum absolute atomic E-state index is 0.0326. The molecule has 0 aliphatic heterocycles. The molecule has 0 spiro atoms. The lowest BCUT2D eigenvalue weighted by Crippen LogP contribution is -2.21. The molecule has 0 aliphatic carbocycles. The van der Waals surface area contributed by atoms with Gasteiger partial charge in [0.15, 0.2) is 5.58 Å². The third-order valence-electron chi connectivity index (χ3n) is 3.64. The molecule has 0 amide bonds. The summed E-state index contributed by atoms with van der Waals surface area (Å²) >= 11 is 0. The molecule has 3 aromatic rings. The Morgan fingerprint density at radius 3 is 2.52 bits per heavy atom. The second-order valence-corrected chi connectivity index (χ2v) is 5.27. The van der Waals surface area contributed by atoms with Crippen LogP contribution in [0.2, 0.25) is 0 Å². The minimum atomic E-state index is -0.611. The van der Waals surface area contributed by atoms with Crippen molar-refractivity contribution in [1.29, 1.82) is 0 Å². The van der Waals surface area contributed by atoms with E-state index in [1.165, 1.54) is 11.7 Å². The van der Waals surface area contributed by atoms with E-state index in [0.717, 1.165) is 0 Å². The van der Waals surface area contributed by atoms with E-state index in [4.69, 9.17) is 9.15 Å². The molecule has 0 N–H and O–H groups in total. The second kappa shape index (κ2) is 7.04. The number of carbonyl (C=O) groups is 2. The molecular weight excluding hydrogens is 326 g/mol. The van der Waals surface area contributed by atoms with E-state index >= 15 is 0 Å². The normalized spacial score (nSPS) is 10.6. The number of ether oxygens (including phenoxy) is 2. The van der Waals surface area contributed by atoms with Crippen LogP contribution >= 0.6 is 0 Å². The number of aromatic nitrogens is 1. The van der Waals surface area contributed by atoms with E-state index in [1.54, 1.807) is 48.5 Å². The van der Waals surface area contributed by atoms with Crippen LogP contribution in [0.4, 0.5) is 0 Å². The predicted octanol–water partition coefficient (Wildman–Crippen LogP) is 2.12. The van der Waals surface area contributed by atoms with Crippen LogP contribution in [0.1, 0.15) is 15.9 Å². The summed E-state index contributed by atoms with van der Waals surface area (Å²) < 4.78 is 16.1. The van der Waals surface area contributed by atoms with Crippen molar-refractivity contribution in [2.45, 2.75) is 13.2 Å². The maximum atomic E-state index is 12.0. The summed E-state index contributed by atoms with van der Waals surface area (Å²) in [6.07, 6.45) is 0. The van der Waals surface area contributed by atoms with Crippen LogP contribution in [0.3, 0.4) is 0 Å². The molecule has 1 heterocycles. The summed E-state index contributed by atoms with van der Waals surface area (Å²) in [6.45, 7) is -0.207. The number of methoxy groups -OCH3 is 1. The highest BCUT2D eigenvalue weighted by atomic mass is 16.5. The first-order valence-electron chi connectivity index (χ1n) is 7.50. The Morgan fingerprint density at radius 1 is 1.08 bits per heavy atom. The average Bonchev–Trinajstić information content (AvgIpc) is 2.95. The van der Waals surface area contributed by atoms with Gasteiger partial charge in [-0.05, 0) is 29.8 Å². The summed E-state index contributed by atoms with van der Waals surface area (Å²) in [5.74, 6) is -1.61. The van der Waals surface area contributed by atoms with Gasteiger partial charge in [-0.25, -0.2) is 9.59 Å². The van der Waals surface area contributed by atoms with Gasteiger partial charge in [0.05, 0.1) is 18.2 Å². The highest BCUT2D eigenvalue weighted by Crippen LogP contribution is 2.12. The predicted molar refractivity (Wildman–Crippen MR) is 88.1 cm³/mol. The second-order valence-electron chi connectivity index (χ2n) is 5.27. The zero-order valence-electron chi connectivity index (χ0n) is 13.4. The van der Waals surface area contributed by atoms with Crippen molar-refractivity contribution in [3.8, 4) is 0 Å². The monoisotopic (exact) mass is 341 g/mol. The zero-order valence-corrected chi connectivity index (χ0v) is 13.4. The number of nitrogens with zero attached hydrogens (tertiary/aromatic N) is 1. The molecule has 0 unspecified atom stereocenters.